The van der Waals surface area contributed by atoms with E-state index in [1.54, 1.807) is 12.1 Å². The van der Waals surface area contributed by atoms with E-state index in [-0.39, 0.29) is 11.5 Å². The fourth-order valence-electron chi connectivity index (χ4n) is 1.43. The normalized spacial score (nSPS) is 16.9. The molecular weight excluding hydrogens is 212 g/mol. The Bertz CT molecular complexity index is 365. The second kappa shape index (κ2) is 4.52. The van der Waals surface area contributed by atoms with Gasteiger partial charge in [-0.3, -0.25) is 0 Å². The molecule has 0 aliphatic carbocycles. The van der Waals surface area contributed by atoms with Crippen molar-refractivity contribution in [1.82, 2.24) is 0 Å². The van der Waals surface area contributed by atoms with Gasteiger partial charge in [-0.2, -0.15) is 0 Å². The molecule has 2 heterocycles. The van der Waals surface area contributed by atoms with Crippen LogP contribution in [-0.4, -0.2) is 21.4 Å². The van der Waals surface area contributed by atoms with Gasteiger partial charge in [0.05, 0.1) is 12.5 Å². The predicted molar refractivity (Wildman–Crippen MR) is 53.3 cm³/mol. The lowest BCUT2D eigenvalue weighted by molar-refractivity contribution is -0.0761. The van der Waals surface area contributed by atoms with E-state index in [0.29, 0.717) is 0 Å². The maximum absolute atomic E-state index is 9.71. The van der Waals surface area contributed by atoms with Crippen LogP contribution in [0.3, 0.4) is 0 Å². The molecule has 3 N–H and O–H groups in total. The summed E-state index contributed by atoms with van der Waals surface area (Å²) in [5.41, 5.74) is 0. The maximum atomic E-state index is 9.71. The zero-order valence-electron chi connectivity index (χ0n) is 8.35. The minimum Gasteiger partial charge on any atom is -0.466 e. The molecule has 2 aromatic heterocycles. The maximum Gasteiger partial charge on any atom is 0.140 e. The van der Waals surface area contributed by atoms with Gasteiger partial charge in [0, 0.05) is 0 Å². The van der Waals surface area contributed by atoms with Crippen LogP contribution < -0.4 is 0 Å². The van der Waals surface area contributed by atoms with E-state index in [4.69, 9.17) is 8.83 Å². The third kappa shape index (κ3) is 2.01. The molecule has 2 unspecified atom stereocenters. The second-order valence-electron chi connectivity index (χ2n) is 3.41. The van der Waals surface area contributed by atoms with Crippen LogP contribution in [0.15, 0.2) is 45.6 Å². The monoisotopic (exact) mass is 224 g/mol. The summed E-state index contributed by atoms with van der Waals surface area (Å²) in [6.45, 7) is 0. The lowest BCUT2D eigenvalue weighted by atomic mass is 10.0. The Morgan fingerprint density at radius 1 is 0.812 bits per heavy atom. The Hall–Kier alpha value is -1.56. The van der Waals surface area contributed by atoms with E-state index < -0.39 is 18.3 Å². The number of rotatable bonds is 4. The summed E-state index contributed by atoms with van der Waals surface area (Å²) in [5.74, 6) is 0.385. The number of furan rings is 2. The van der Waals surface area contributed by atoms with E-state index in [9.17, 15) is 15.3 Å². The van der Waals surface area contributed by atoms with Crippen molar-refractivity contribution in [3.8, 4) is 0 Å². The molecule has 0 fully saturated rings. The van der Waals surface area contributed by atoms with Crippen LogP contribution in [0.5, 0.6) is 0 Å². The van der Waals surface area contributed by atoms with E-state index >= 15 is 0 Å². The van der Waals surface area contributed by atoms with Gasteiger partial charge < -0.3 is 24.2 Å². The zero-order valence-corrected chi connectivity index (χ0v) is 8.35. The smallest absolute Gasteiger partial charge is 0.140 e. The standard InChI is InChI=1S/C11H12O5/c12-9(7-3-1-5-15-7)11(14)10(13)8-4-2-6-16-8/h1-6,9-14H. The highest BCUT2D eigenvalue weighted by Gasteiger charge is 2.30. The summed E-state index contributed by atoms with van der Waals surface area (Å²) >= 11 is 0. The molecule has 86 valence electrons. The lowest BCUT2D eigenvalue weighted by Crippen LogP contribution is -2.25. The Labute approximate surface area is 91.6 Å². The van der Waals surface area contributed by atoms with Gasteiger partial charge in [0.25, 0.3) is 0 Å². The van der Waals surface area contributed by atoms with Crippen LogP contribution in [0.2, 0.25) is 0 Å². The summed E-state index contributed by atoms with van der Waals surface area (Å²) in [5, 5.41) is 29.1. The molecule has 0 aliphatic rings. The molecule has 0 aromatic carbocycles. The Kier molecular flexibility index (Phi) is 3.09. The molecule has 0 radical (unpaired) electrons. The molecule has 5 heteroatoms. The SMILES string of the molecule is OC(c1ccco1)C(O)C(O)c1ccco1. The Morgan fingerprint density at radius 3 is 1.56 bits per heavy atom. The van der Waals surface area contributed by atoms with Gasteiger partial charge in [0.1, 0.15) is 29.8 Å². The van der Waals surface area contributed by atoms with Crippen molar-refractivity contribution < 1.29 is 24.2 Å². The fourth-order valence-corrected chi connectivity index (χ4v) is 1.43. The quantitative estimate of drug-likeness (QED) is 0.721. The van der Waals surface area contributed by atoms with E-state index in [1.807, 2.05) is 0 Å². The van der Waals surface area contributed by atoms with Crippen molar-refractivity contribution in [3.63, 3.8) is 0 Å². The molecule has 2 aromatic rings. The first-order valence-electron chi connectivity index (χ1n) is 4.81. The van der Waals surface area contributed by atoms with Gasteiger partial charge in [0.15, 0.2) is 0 Å². The molecule has 0 bridgehead atoms. The van der Waals surface area contributed by atoms with Crippen molar-refractivity contribution >= 4 is 0 Å². The summed E-state index contributed by atoms with van der Waals surface area (Å²) in [7, 11) is 0. The van der Waals surface area contributed by atoms with Gasteiger partial charge in [-0.1, -0.05) is 0 Å². The summed E-state index contributed by atoms with van der Waals surface area (Å²) in [6, 6.07) is 6.21. The van der Waals surface area contributed by atoms with Gasteiger partial charge in [-0.05, 0) is 24.3 Å². The molecule has 2 rings (SSSR count). The first-order chi connectivity index (χ1) is 7.70. The first kappa shape index (κ1) is 10.9. The number of hydrogen-bond donors (Lipinski definition) is 3. The topological polar surface area (TPSA) is 87.0 Å². The summed E-state index contributed by atoms with van der Waals surface area (Å²) < 4.78 is 9.86. The van der Waals surface area contributed by atoms with Gasteiger partial charge in [-0.25, -0.2) is 0 Å². The molecule has 0 amide bonds. The van der Waals surface area contributed by atoms with Crippen LogP contribution in [-0.2, 0) is 0 Å². The fraction of sp³-hybridized carbons (Fsp3) is 0.273. The van der Waals surface area contributed by atoms with Crippen LogP contribution >= 0.6 is 0 Å². The van der Waals surface area contributed by atoms with Gasteiger partial charge in [-0.15, -0.1) is 0 Å². The molecule has 0 spiro atoms. The predicted octanol–water partition coefficient (Wildman–Crippen LogP) is 1.00. The van der Waals surface area contributed by atoms with Crippen molar-refractivity contribution in [2.75, 3.05) is 0 Å². The minimum absolute atomic E-state index is 0.193. The average molecular weight is 224 g/mol. The van der Waals surface area contributed by atoms with Crippen molar-refractivity contribution in [2.24, 2.45) is 0 Å². The molecule has 5 nitrogen and oxygen atoms in total. The van der Waals surface area contributed by atoms with Crippen molar-refractivity contribution in [1.29, 1.82) is 0 Å². The minimum atomic E-state index is -1.41. The molecular formula is C11H12O5. The second-order valence-corrected chi connectivity index (χ2v) is 3.41. The van der Waals surface area contributed by atoms with E-state index in [2.05, 4.69) is 0 Å². The van der Waals surface area contributed by atoms with Gasteiger partial charge in [0.2, 0.25) is 0 Å². The molecule has 0 saturated heterocycles. The zero-order chi connectivity index (χ0) is 11.5. The highest BCUT2D eigenvalue weighted by molar-refractivity contribution is 5.09. The van der Waals surface area contributed by atoms with Crippen LogP contribution in [0.25, 0.3) is 0 Å². The third-order valence-corrected chi connectivity index (χ3v) is 2.32. The lowest BCUT2D eigenvalue weighted by Gasteiger charge is -2.19. The highest BCUT2D eigenvalue weighted by Crippen LogP contribution is 2.27. The van der Waals surface area contributed by atoms with Gasteiger partial charge >= 0.3 is 0 Å². The third-order valence-electron chi connectivity index (χ3n) is 2.32. The largest absolute Gasteiger partial charge is 0.466 e. The van der Waals surface area contributed by atoms with Crippen LogP contribution in [0.4, 0.5) is 0 Å². The summed E-state index contributed by atoms with van der Waals surface area (Å²) in [6.07, 6.45) is -1.24. The number of aliphatic hydroxyl groups is 3. The molecule has 0 saturated carbocycles. The van der Waals surface area contributed by atoms with Crippen molar-refractivity contribution in [2.45, 2.75) is 18.3 Å². The van der Waals surface area contributed by atoms with Crippen LogP contribution in [0.1, 0.15) is 23.7 Å². The van der Waals surface area contributed by atoms with E-state index in [1.165, 1.54) is 24.7 Å². The highest BCUT2D eigenvalue weighted by atomic mass is 16.4. The number of hydrogen-bond acceptors (Lipinski definition) is 5. The number of aliphatic hydroxyl groups excluding tert-OH is 3. The average Bonchev–Trinajstić information content (AvgIpc) is 2.97. The van der Waals surface area contributed by atoms with Crippen molar-refractivity contribution in [3.05, 3.63) is 48.3 Å². The molecule has 2 atom stereocenters. The summed E-state index contributed by atoms with van der Waals surface area (Å²) in [4.78, 5) is 0. The molecule has 16 heavy (non-hydrogen) atoms. The van der Waals surface area contributed by atoms with Crippen LogP contribution in [0, 0.1) is 0 Å². The van der Waals surface area contributed by atoms with E-state index in [0.717, 1.165) is 0 Å². The Morgan fingerprint density at radius 2 is 1.25 bits per heavy atom. The molecule has 0 aliphatic heterocycles. The first-order valence-corrected chi connectivity index (χ1v) is 4.81. The Balaban J connectivity index is 2.10.